The van der Waals surface area contributed by atoms with Crippen LogP contribution in [0.25, 0.3) is 6.08 Å². The molecule has 0 N–H and O–H groups in total. The maximum atomic E-state index is 12.3. The fourth-order valence-electron chi connectivity index (χ4n) is 3.50. The Balaban J connectivity index is 1.34. The van der Waals surface area contributed by atoms with E-state index in [1.807, 2.05) is 11.0 Å². The monoisotopic (exact) mass is 327 g/mol. The van der Waals surface area contributed by atoms with Gasteiger partial charge in [0.1, 0.15) is 0 Å². The van der Waals surface area contributed by atoms with Crippen LogP contribution in [0.1, 0.15) is 24.8 Å². The van der Waals surface area contributed by atoms with E-state index < -0.39 is 0 Å². The molecule has 0 radical (unpaired) electrons. The fourth-order valence-corrected chi connectivity index (χ4v) is 3.50. The zero-order chi connectivity index (χ0) is 16.6. The van der Waals surface area contributed by atoms with Crippen LogP contribution in [0, 0.1) is 0 Å². The molecule has 0 unspecified atom stereocenters. The van der Waals surface area contributed by atoms with E-state index in [0.29, 0.717) is 12.3 Å². The van der Waals surface area contributed by atoms with E-state index in [-0.39, 0.29) is 0 Å². The van der Waals surface area contributed by atoms with E-state index in [1.165, 1.54) is 31.5 Å². The zero-order valence-corrected chi connectivity index (χ0v) is 14.6. The second-order valence-corrected chi connectivity index (χ2v) is 6.79. The zero-order valence-electron chi connectivity index (χ0n) is 14.6. The standard InChI is InChI=1S/C20H29N3O/c24-20(10-14-21-11-4-5-12-21)23-17-15-22(16-18-23)13-6-9-19-7-2-1-3-8-19/h1-3,6-9H,4-5,10-18H2/b9-6+. The van der Waals surface area contributed by atoms with E-state index in [9.17, 15) is 4.79 Å². The molecule has 24 heavy (non-hydrogen) atoms. The largest absolute Gasteiger partial charge is 0.340 e. The van der Waals surface area contributed by atoms with Crippen molar-refractivity contribution < 1.29 is 4.79 Å². The molecule has 0 bridgehead atoms. The molecule has 2 aliphatic heterocycles. The van der Waals surface area contributed by atoms with Crippen LogP contribution in [0.2, 0.25) is 0 Å². The maximum absolute atomic E-state index is 12.3. The van der Waals surface area contributed by atoms with E-state index in [1.54, 1.807) is 0 Å². The topological polar surface area (TPSA) is 26.8 Å². The number of carbonyl (C=O) groups excluding carboxylic acids is 1. The lowest BCUT2D eigenvalue weighted by atomic mass is 10.2. The number of hydrogen-bond donors (Lipinski definition) is 0. The minimum Gasteiger partial charge on any atom is -0.340 e. The van der Waals surface area contributed by atoms with Gasteiger partial charge in [-0.15, -0.1) is 0 Å². The van der Waals surface area contributed by atoms with Crippen LogP contribution < -0.4 is 0 Å². The quantitative estimate of drug-likeness (QED) is 0.802. The summed E-state index contributed by atoms with van der Waals surface area (Å²) in [6.45, 7) is 7.96. The van der Waals surface area contributed by atoms with Gasteiger partial charge in [0.15, 0.2) is 0 Å². The molecule has 4 heteroatoms. The molecule has 1 amide bonds. The first kappa shape index (κ1) is 17.2. The first-order valence-corrected chi connectivity index (χ1v) is 9.25. The number of benzene rings is 1. The molecule has 130 valence electrons. The minimum atomic E-state index is 0.335. The van der Waals surface area contributed by atoms with Crippen molar-refractivity contribution in [3.63, 3.8) is 0 Å². The van der Waals surface area contributed by atoms with Gasteiger partial charge >= 0.3 is 0 Å². The first-order chi connectivity index (χ1) is 11.8. The van der Waals surface area contributed by atoms with Crippen LogP contribution in [0.5, 0.6) is 0 Å². The number of rotatable bonds is 6. The normalized spacial score (nSPS) is 20.1. The van der Waals surface area contributed by atoms with Gasteiger partial charge in [-0.1, -0.05) is 42.5 Å². The average molecular weight is 327 g/mol. The number of amides is 1. The van der Waals surface area contributed by atoms with Gasteiger partial charge in [-0.25, -0.2) is 0 Å². The smallest absolute Gasteiger partial charge is 0.223 e. The Morgan fingerprint density at radius 2 is 1.62 bits per heavy atom. The summed E-state index contributed by atoms with van der Waals surface area (Å²) in [6.07, 6.45) is 7.68. The Morgan fingerprint density at radius 1 is 0.917 bits per heavy atom. The van der Waals surface area contributed by atoms with Crippen LogP contribution in [0.4, 0.5) is 0 Å². The molecule has 2 heterocycles. The molecule has 1 aromatic carbocycles. The third-order valence-electron chi connectivity index (χ3n) is 5.04. The van der Waals surface area contributed by atoms with Gasteiger partial charge in [0.05, 0.1) is 0 Å². The molecule has 0 atom stereocenters. The van der Waals surface area contributed by atoms with Gasteiger partial charge in [-0.05, 0) is 31.5 Å². The van der Waals surface area contributed by atoms with Gasteiger partial charge in [0.25, 0.3) is 0 Å². The molecule has 1 aromatic rings. The number of carbonyl (C=O) groups is 1. The molecular formula is C20H29N3O. The van der Waals surface area contributed by atoms with E-state index in [0.717, 1.165) is 39.3 Å². The summed E-state index contributed by atoms with van der Waals surface area (Å²) in [6, 6.07) is 10.4. The highest BCUT2D eigenvalue weighted by atomic mass is 16.2. The van der Waals surface area contributed by atoms with Crippen LogP contribution in [-0.2, 0) is 4.79 Å². The highest BCUT2D eigenvalue weighted by Gasteiger charge is 2.21. The van der Waals surface area contributed by atoms with Crippen molar-refractivity contribution >= 4 is 12.0 Å². The summed E-state index contributed by atoms with van der Waals surface area (Å²) in [4.78, 5) is 19.2. The summed E-state index contributed by atoms with van der Waals surface area (Å²) >= 11 is 0. The summed E-state index contributed by atoms with van der Waals surface area (Å²) in [5.41, 5.74) is 1.24. The maximum Gasteiger partial charge on any atom is 0.223 e. The predicted molar refractivity (Wildman–Crippen MR) is 98.8 cm³/mol. The second kappa shape index (κ2) is 9.00. The number of hydrogen-bond acceptors (Lipinski definition) is 3. The van der Waals surface area contributed by atoms with Gasteiger partial charge in [0, 0.05) is 45.7 Å². The van der Waals surface area contributed by atoms with Gasteiger partial charge in [-0.3, -0.25) is 9.69 Å². The van der Waals surface area contributed by atoms with E-state index >= 15 is 0 Å². The number of piperazine rings is 1. The van der Waals surface area contributed by atoms with Crippen molar-refractivity contribution in [2.75, 3.05) is 52.4 Å². The predicted octanol–water partition coefficient (Wildman–Crippen LogP) is 2.33. The third kappa shape index (κ3) is 5.18. The lowest BCUT2D eigenvalue weighted by Gasteiger charge is -2.34. The van der Waals surface area contributed by atoms with Crippen LogP contribution in [0.3, 0.4) is 0 Å². The number of nitrogens with zero attached hydrogens (tertiary/aromatic N) is 3. The molecule has 2 fully saturated rings. The van der Waals surface area contributed by atoms with E-state index in [2.05, 4.69) is 46.2 Å². The van der Waals surface area contributed by atoms with Crippen molar-refractivity contribution in [2.24, 2.45) is 0 Å². The molecular weight excluding hydrogens is 298 g/mol. The summed E-state index contributed by atoms with van der Waals surface area (Å²) in [7, 11) is 0. The van der Waals surface area contributed by atoms with Gasteiger partial charge in [-0.2, -0.15) is 0 Å². The molecule has 0 aliphatic carbocycles. The molecule has 2 aliphatic rings. The van der Waals surface area contributed by atoms with Crippen LogP contribution >= 0.6 is 0 Å². The number of likely N-dealkylation sites (tertiary alicyclic amines) is 1. The highest BCUT2D eigenvalue weighted by molar-refractivity contribution is 5.76. The second-order valence-electron chi connectivity index (χ2n) is 6.79. The lowest BCUT2D eigenvalue weighted by molar-refractivity contribution is -0.133. The summed E-state index contributed by atoms with van der Waals surface area (Å²) < 4.78 is 0. The van der Waals surface area contributed by atoms with Crippen molar-refractivity contribution in [1.29, 1.82) is 0 Å². The van der Waals surface area contributed by atoms with Crippen molar-refractivity contribution in [3.8, 4) is 0 Å². The summed E-state index contributed by atoms with van der Waals surface area (Å²) in [5, 5.41) is 0. The molecule has 0 saturated carbocycles. The summed E-state index contributed by atoms with van der Waals surface area (Å²) in [5.74, 6) is 0.335. The van der Waals surface area contributed by atoms with Crippen molar-refractivity contribution in [3.05, 3.63) is 42.0 Å². The fraction of sp³-hybridized carbons (Fsp3) is 0.550. The average Bonchev–Trinajstić information content (AvgIpc) is 3.15. The Morgan fingerprint density at radius 3 is 2.33 bits per heavy atom. The molecule has 2 saturated heterocycles. The van der Waals surface area contributed by atoms with Crippen molar-refractivity contribution in [1.82, 2.24) is 14.7 Å². The van der Waals surface area contributed by atoms with Crippen LogP contribution in [-0.4, -0.2) is 73.0 Å². The Hall–Kier alpha value is -1.65. The third-order valence-corrected chi connectivity index (χ3v) is 5.04. The van der Waals surface area contributed by atoms with E-state index in [4.69, 9.17) is 0 Å². The van der Waals surface area contributed by atoms with Crippen LogP contribution in [0.15, 0.2) is 36.4 Å². The Bertz CT molecular complexity index is 529. The SMILES string of the molecule is O=C(CCN1CCCC1)N1CCN(C/C=C/c2ccccc2)CC1. The lowest BCUT2D eigenvalue weighted by Crippen LogP contribution is -2.49. The van der Waals surface area contributed by atoms with Crippen molar-refractivity contribution in [2.45, 2.75) is 19.3 Å². The minimum absolute atomic E-state index is 0.335. The molecule has 4 nitrogen and oxygen atoms in total. The van der Waals surface area contributed by atoms with Gasteiger partial charge in [0.2, 0.25) is 5.91 Å². The molecule has 0 spiro atoms. The molecule has 3 rings (SSSR count). The Labute approximate surface area is 145 Å². The molecule has 0 aromatic heterocycles. The highest BCUT2D eigenvalue weighted by Crippen LogP contribution is 2.10. The Kier molecular flexibility index (Phi) is 6.44. The first-order valence-electron chi connectivity index (χ1n) is 9.25. The van der Waals surface area contributed by atoms with Gasteiger partial charge < -0.3 is 9.80 Å².